The number of aliphatic carboxylic acids is 1. The molecule has 0 aromatic heterocycles. The van der Waals surface area contributed by atoms with Crippen LogP contribution in [0.15, 0.2) is 0 Å². The van der Waals surface area contributed by atoms with E-state index in [2.05, 4.69) is 23.3 Å². The van der Waals surface area contributed by atoms with Crippen molar-refractivity contribution >= 4 is 36.3 Å². The average Bonchev–Trinajstić information content (AvgIpc) is 2.59. The summed E-state index contributed by atoms with van der Waals surface area (Å²) in [6.07, 6.45) is -0.993. The predicted octanol–water partition coefficient (Wildman–Crippen LogP) is -2.80. The van der Waals surface area contributed by atoms with Crippen LogP contribution in [0.25, 0.3) is 0 Å². The largest absolute Gasteiger partial charge is 0.480 e. The summed E-state index contributed by atoms with van der Waals surface area (Å²) in [4.78, 5) is 47.5. The van der Waals surface area contributed by atoms with E-state index in [1.165, 1.54) is 6.92 Å². The number of nitrogens with one attached hydrogen (secondary N) is 3. The Morgan fingerprint density at radius 1 is 0.964 bits per heavy atom. The van der Waals surface area contributed by atoms with Gasteiger partial charge < -0.3 is 37.0 Å². The van der Waals surface area contributed by atoms with E-state index < -0.39 is 60.6 Å². The highest BCUT2D eigenvalue weighted by molar-refractivity contribution is 7.80. The number of nitrogens with two attached hydrogens (primary N) is 1. The Bertz CT molecular complexity index is 559. The van der Waals surface area contributed by atoms with Crippen molar-refractivity contribution in [2.75, 3.05) is 12.4 Å². The highest BCUT2D eigenvalue weighted by Crippen LogP contribution is 2.03. The highest BCUT2D eigenvalue weighted by Gasteiger charge is 2.31. The molecule has 11 nitrogen and oxygen atoms in total. The van der Waals surface area contributed by atoms with Crippen molar-refractivity contribution in [3.8, 4) is 0 Å². The van der Waals surface area contributed by atoms with Crippen molar-refractivity contribution in [1.82, 2.24) is 16.0 Å². The van der Waals surface area contributed by atoms with Crippen molar-refractivity contribution in [2.45, 2.75) is 57.5 Å². The van der Waals surface area contributed by atoms with E-state index in [-0.39, 0.29) is 11.7 Å². The van der Waals surface area contributed by atoms with Crippen molar-refractivity contribution in [1.29, 1.82) is 0 Å². The Kier molecular flexibility index (Phi) is 11.7. The molecule has 0 saturated carbocycles. The molecule has 0 bridgehead atoms. The maximum Gasteiger partial charge on any atom is 0.328 e. The van der Waals surface area contributed by atoms with Crippen LogP contribution < -0.4 is 21.7 Å². The zero-order chi connectivity index (χ0) is 22.0. The lowest BCUT2D eigenvalue weighted by molar-refractivity contribution is -0.145. The molecule has 0 rings (SSSR count). The van der Waals surface area contributed by atoms with Crippen LogP contribution in [0.1, 0.15) is 27.2 Å². The molecular weight excluding hydrogens is 392 g/mol. The third-order valence-corrected chi connectivity index (χ3v) is 4.10. The fraction of sp³-hybridized carbons (Fsp3) is 0.750. The predicted molar refractivity (Wildman–Crippen MR) is 103 cm³/mol. The van der Waals surface area contributed by atoms with Crippen LogP contribution in [0.5, 0.6) is 0 Å². The number of carbonyl (C=O) groups is 4. The van der Waals surface area contributed by atoms with E-state index in [1.807, 2.05) is 19.2 Å². The lowest BCUT2D eigenvalue weighted by atomic mass is 10.0. The molecule has 0 saturated heterocycles. The number of aliphatic hydroxyl groups is 2. The summed E-state index contributed by atoms with van der Waals surface area (Å²) in [7, 11) is 0. The molecule has 0 radical (unpaired) electrons. The first-order valence-electron chi connectivity index (χ1n) is 8.73. The second-order valence-electron chi connectivity index (χ2n) is 6.79. The Labute approximate surface area is 168 Å². The summed E-state index contributed by atoms with van der Waals surface area (Å²) in [5.74, 6) is -3.79. The molecule has 0 heterocycles. The fourth-order valence-electron chi connectivity index (χ4n) is 2.20. The Morgan fingerprint density at radius 3 is 1.86 bits per heavy atom. The second kappa shape index (κ2) is 12.5. The van der Waals surface area contributed by atoms with Crippen LogP contribution in [0, 0.1) is 5.92 Å². The molecule has 0 fully saturated rings. The zero-order valence-corrected chi connectivity index (χ0v) is 17.0. The first-order chi connectivity index (χ1) is 12.9. The van der Waals surface area contributed by atoms with Crippen molar-refractivity contribution in [3.05, 3.63) is 0 Å². The van der Waals surface area contributed by atoms with E-state index >= 15 is 0 Å². The molecule has 8 N–H and O–H groups in total. The summed E-state index contributed by atoms with van der Waals surface area (Å²) in [6, 6.07) is -5.05. The van der Waals surface area contributed by atoms with Crippen LogP contribution in [0.2, 0.25) is 0 Å². The minimum Gasteiger partial charge on any atom is -0.480 e. The molecule has 0 aliphatic heterocycles. The molecule has 5 unspecified atom stereocenters. The minimum atomic E-state index is -1.62. The van der Waals surface area contributed by atoms with Gasteiger partial charge in [-0.05, 0) is 19.3 Å². The zero-order valence-electron chi connectivity index (χ0n) is 16.1. The monoisotopic (exact) mass is 422 g/mol. The maximum absolute atomic E-state index is 12.3. The number of thiol groups is 1. The van der Waals surface area contributed by atoms with Gasteiger partial charge in [-0.2, -0.15) is 12.6 Å². The van der Waals surface area contributed by atoms with Crippen molar-refractivity contribution in [2.24, 2.45) is 11.7 Å². The number of aliphatic hydroxyl groups excluding tert-OH is 2. The second-order valence-corrected chi connectivity index (χ2v) is 7.15. The van der Waals surface area contributed by atoms with Gasteiger partial charge in [0.25, 0.3) is 0 Å². The lowest BCUT2D eigenvalue weighted by Crippen LogP contribution is -2.59. The summed E-state index contributed by atoms with van der Waals surface area (Å²) in [5, 5.41) is 34.4. The van der Waals surface area contributed by atoms with Gasteiger partial charge in [0.2, 0.25) is 17.7 Å². The number of rotatable bonds is 12. The third kappa shape index (κ3) is 8.87. The normalized spacial score (nSPS) is 16.4. The van der Waals surface area contributed by atoms with E-state index in [1.54, 1.807) is 0 Å². The number of carbonyl (C=O) groups excluding carboxylic acids is 3. The SMILES string of the molecule is CC(C)CC(N)C(=O)NC(CS)C(=O)NC(CO)C(=O)NC(C(=O)O)C(C)O. The number of hydrogen-bond acceptors (Lipinski definition) is 8. The van der Waals surface area contributed by atoms with Crippen LogP contribution >= 0.6 is 12.6 Å². The van der Waals surface area contributed by atoms with Gasteiger partial charge in [-0.25, -0.2) is 4.79 Å². The Balaban J connectivity index is 4.97. The summed E-state index contributed by atoms with van der Waals surface area (Å²) < 4.78 is 0. The van der Waals surface area contributed by atoms with Crippen LogP contribution in [0.3, 0.4) is 0 Å². The van der Waals surface area contributed by atoms with Crippen LogP contribution in [-0.2, 0) is 19.2 Å². The van der Waals surface area contributed by atoms with E-state index in [9.17, 15) is 29.4 Å². The van der Waals surface area contributed by atoms with E-state index in [4.69, 9.17) is 10.8 Å². The molecule has 0 aliphatic carbocycles. The lowest BCUT2D eigenvalue weighted by Gasteiger charge is -2.24. The quantitative estimate of drug-likeness (QED) is 0.155. The molecule has 12 heteroatoms. The molecule has 0 aliphatic rings. The minimum absolute atomic E-state index is 0.100. The molecular formula is C16H30N4O7S. The molecule has 0 aromatic carbocycles. The summed E-state index contributed by atoms with van der Waals surface area (Å²) in [5.41, 5.74) is 5.76. The first kappa shape index (κ1) is 26.1. The molecule has 0 spiro atoms. The standard InChI is InChI=1S/C16H30N4O7S/c1-7(2)4-9(17)13(23)19-11(6-28)15(25)18-10(5-21)14(24)20-12(8(3)22)16(26)27/h7-12,21-22,28H,4-6,17H2,1-3H3,(H,18,25)(H,19,23)(H,20,24)(H,26,27). The number of hydrogen-bond donors (Lipinski definition) is 8. The topological polar surface area (TPSA) is 191 Å². The van der Waals surface area contributed by atoms with Crippen molar-refractivity contribution < 1.29 is 34.5 Å². The number of carboxylic acids is 1. The average molecular weight is 423 g/mol. The molecule has 0 aromatic rings. The number of carboxylic acid groups (broad SMARTS) is 1. The van der Waals surface area contributed by atoms with Crippen molar-refractivity contribution in [3.63, 3.8) is 0 Å². The first-order valence-corrected chi connectivity index (χ1v) is 9.37. The van der Waals surface area contributed by atoms with Gasteiger partial charge in [0.1, 0.15) is 12.1 Å². The van der Waals surface area contributed by atoms with Gasteiger partial charge in [-0.3, -0.25) is 14.4 Å². The van der Waals surface area contributed by atoms with Gasteiger partial charge >= 0.3 is 5.97 Å². The Morgan fingerprint density at radius 2 is 1.46 bits per heavy atom. The van der Waals surface area contributed by atoms with E-state index in [0.717, 1.165) is 0 Å². The van der Waals surface area contributed by atoms with Gasteiger partial charge in [-0.15, -0.1) is 0 Å². The molecule has 3 amide bonds. The van der Waals surface area contributed by atoms with Gasteiger partial charge in [-0.1, -0.05) is 13.8 Å². The number of amides is 3. The maximum atomic E-state index is 12.3. The van der Waals surface area contributed by atoms with Crippen LogP contribution in [-0.4, -0.2) is 81.6 Å². The highest BCUT2D eigenvalue weighted by atomic mass is 32.1. The molecule has 28 heavy (non-hydrogen) atoms. The summed E-state index contributed by atoms with van der Waals surface area (Å²) in [6.45, 7) is 4.11. The molecule has 5 atom stereocenters. The fourth-order valence-corrected chi connectivity index (χ4v) is 2.45. The van der Waals surface area contributed by atoms with Crippen LogP contribution in [0.4, 0.5) is 0 Å². The molecule has 162 valence electrons. The smallest absolute Gasteiger partial charge is 0.328 e. The third-order valence-electron chi connectivity index (χ3n) is 3.74. The van der Waals surface area contributed by atoms with Gasteiger partial charge in [0.15, 0.2) is 6.04 Å². The summed E-state index contributed by atoms with van der Waals surface area (Å²) >= 11 is 3.99. The van der Waals surface area contributed by atoms with Gasteiger partial charge in [0, 0.05) is 5.75 Å². The Hall–Kier alpha value is -1.89. The van der Waals surface area contributed by atoms with Gasteiger partial charge in [0.05, 0.1) is 18.8 Å². The van der Waals surface area contributed by atoms with E-state index in [0.29, 0.717) is 6.42 Å².